The van der Waals surface area contributed by atoms with Gasteiger partial charge in [-0.1, -0.05) is 0 Å². The standard InChI is InChI=1S/C9H6N2O3/c12-8-5-2-1-3-10-7(5)6(4-11-8)9(13)14/h1-4H,(H,11,12)(H,13,14). The Kier molecular flexibility index (Phi) is 1.78. The third kappa shape index (κ3) is 1.15. The number of carboxylic acid groups (broad SMARTS) is 1. The largest absolute Gasteiger partial charge is 0.478 e. The van der Waals surface area contributed by atoms with Crippen molar-refractivity contribution in [3.8, 4) is 0 Å². The van der Waals surface area contributed by atoms with E-state index in [4.69, 9.17) is 5.11 Å². The summed E-state index contributed by atoms with van der Waals surface area (Å²) >= 11 is 0. The van der Waals surface area contributed by atoms with Crippen LogP contribution in [0, 0.1) is 0 Å². The lowest BCUT2D eigenvalue weighted by Gasteiger charge is -1.98. The van der Waals surface area contributed by atoms with Crippen LogP contribution in [0.5, 0.6) is 0 Å². The number of aromatic nitrogens is 2. The molecule has 0 atom stereocenters. The van der Waals surface area contributed by atoms with Crippen LogP contribution in [-0.4, -0.2) is 21.0 Å². The van der Waals surface area contributed by atoms with Gasteiger partial charge in [-0.15, -0.1) is 0 Å². The molecule has 0 saturated carbocycles. The van der Waals surface area contributed by atoms with Gasteiger partial charge in [0, 0.05) is 12.4 Å². The minimum absolute atomic E-state index is 0.000185. The molecule has 0 radical (unpaired) electrons. The molecule has 5 heteroatoms. The van der Waals surface area contributed by atoms with E-state index in [1.165, 1.54) is 12.3 Å². The number of rotatable bonds is 1. The second kappa shape index (κ2) is 2.95. The normalized spacial score (nSPS) is 10.3. The van der Waals surface area contributed by atoms with Crippen molar-refractivity contribution < 1.29 is 9.90 Å². The fourth-order valence-corrected chi connectivity index (χ4v) is 1.25. The first kappa shape index (κ1) is 8.43. The Balaban J connectivity index is 2.96. The van der Waals surface area contributed by atoms with E-state index in [1.54, 1.807) is 6.07 Å². The maximum atomic E-state index is 11.3. The van der Waals surface area contributed by atoms with Gasteiger partial charge >= 0.3 is 5.97 Å². The van der Waals surface area contributed by atoms with E-state index >= 15 is 0 Å². The third-order valence-corrected chi connectivity index (χ3v) is 1.89. The summed E-state index contributed by atoms with van der Waals surface area (Å²) in [6.07, 6.45) is 2.61. The van der Waals surface area contributed by atoms with Crippen molar-refractivity contribution in [2.24, 2.45) is 0 Å². The van der Waals surface area contributed by atoms with E-state index in [-0.39, 0.29) is 22.0 Å². The van der Waals surface area contributed by atoms with E-state index in [0.29, 0.717) is 0 Å². The van der Waals surface area contributed by atoms with Crippen molar-refractivity contribution >= 4 is 16.9 Å². The molecule has 0 aromatic carbocycles. The molecule has 0 bridgehead atoms. The number of H-pyrrole nitrogens is 1. The smallest absolute Gasteiger partial charge is 0.339 e. The summed E-state index contributed by atoms with van der Waals surface area (Å²) in [6, 6.07) is 3.12. The summed E-state index contributed by atoms with van der Waals surface area (Å²) in [7, 11) is 0. The molecule has 2 rings (SSSR count). The lowest BCUT2D eigenvalue weighted by Crippen LogP contribution is -2.10. The first-order valence-corrected chi connectivity index (χ1v) is 3.90. The van der Waals surface area contributed by atoms with Crippen LogP contribution in [0.25, 0.3) is 10.9 Å². The minimum atomic E-state index is -1.11. The highest BCUT2D eigenvalue weighted by molar-refractivity contribution is 6.00. The Labute approximate surface area is 78.0 Å². The predicted molar refractivity (Wildman–Crippen MR) is 49.3 cm³/mol. The number of nitrogens with one attached hydrogen (secondary N) is 1. The molecule has 2 aromatic rings. The minimum Gasteiger partial charge on any atom is -0.478 e. The predicted octanol–water partition coefficient (Wildman–Crippen LogP) is 0.621. The molecule has 2 aromatic heterocycles. The maximum absolute atomic E-state index is 11.3. The Morgan fingerprint density at radius 3 is 3.00 bits per heavy atom. The number of hydrogen-bond acceptors (Lipinski definition) is 3. The number of fused-ring (bicyclic) bond motifs is 1. The number of carboxylic acids is 1. The summed E-state index contributed by atoms with van der Waals surface area (Å²) in [5.74, 6) is -1.11. The molecule has 0 aliphatic heterocycles. The van der Waals surface area contributed by atoms with Crippen LogP contribution >= 0.6 is 0 Å². The van der Waals surface area contributed by atoms with Gasteiger partial charge in [0.25, 0.3) is 5.56 Å². The van der Waals surface area contributed by atoms with Gasteiger partial charge in [0.15, 0.2) is 0 Å². The van der Waals surface area contributed by atoms with Crippen LogP contribution in [0.2, 0.25) is 0 Å². The molecule has 0 spiro atoms. The molecule has 70 valence electrons. The van der Waals surface area contributed by atoms with E-state index in [1.807, 2.05) is 0 Å². The highest BCUT2D eigenvalue weighted by atomic mass is 16.4. The SMILES string of the molecule is O=C(O)c1c[nH]c(=O)c2cccnc12. The molecule has 2 N–H and O–H groups in total. The van der Waals surface area contributed by atoms with Gasteiger partial charge in [0.1, 0.15) is 5.56 Å². The second-order valence-electron chi connectivity index (χ2n) is 2.74. The van der Waals surface area contributed by atoms with Crippen LogP contribution in [0.3, 0.4) is 0 Å². The molecule has 0 amide bonds. The zero-order chi connectivity index (χ0) is 10.1. The van der Waals surface area contributed by atoms with E-state index in [2.05, 4.69) is 9.97 Å². The molecular weight excluding hydrogens is 184 g/mol. The molecule has 0 unspecified atom stereocenters. The Hall–Kier alpha value is -2.17. The molecule has 0 aliphatic carbocycles. The quantitative estimate of drug-likeness (QED) is 0.690. The van der Waals surface area contributed by atoms with E-state index in [9.17, 15) is 9.59 Å². The van der Waals surface area contributed by atoms with Crippen LogP contribution in [0.1, 0.15) is 10.4 Å². The number of hydrogen-bond donors (Lipinski definition) is 2. The summed E-state index contributed by atoms with van der Waals surface area (Å²) in [6.45, 7) is 0. The topological polar surface area (TPSA) is 83.0 Å². The van der Waals surface area contributed by atoms with Gasteiger partial charge in [-0.2, -0.15) is 0 Å². The van der Waals surface area contributed by atoms with E-state index in [0.717, 1.165) is 6.20 Å². The van der Waals surface area contributed by atoms with Gasteiger partial charge in [0.2, 0.25) is 0 Å². The molecule has 2 heterocycles. The van der Waals surface area contributed by atoms with Crippen LogP contribution in [0.15, 0.2) is 29.3 Å². The maximum Gasteiger partial charge on any atom is 0.339 e. The Morgan fingerprint density at radius 2 is 2.29 bits per heavy atom. The van der Waals surface area contributed by atoms with Gasteiger partial charge in [0.05, 0.1) is 10.9 Å². The number of pyridine rings is 2. The number of aromatic amines is 1. The Morgan fingerprint density at radius 1 is 1.50 bits per heavy atom. The zero-order valence-corrected chi connectivity index (χ0v) is 7.02. The van der Waals surface area contributed by atoms with Gasteiger partial charge in [-0.3, -0.25) is 9.78 Å². The molecule has 14 heavy (non-hydrogen) atoms. The van der Waals surface area contributed by atoms with E-state index < -0.39 is 5.97 Å². The summed E-state index contributed by atoms with van der Waals surface area (Å²) in [4.78, 5) is 28.2. The van der Waals surface area contributed by atoms with Crippen molar-refractivity contribution in [1.82, 2.24) is 9.97 Å². The fourth-order valence-electron chi connectivity index (χ4n) is 1.25. The van der Waals surface area contributed by atoms with Crippen LogP contribution in [0.4, 0.5) is 0 Å². The first-order valence-electron chi connectivity index (χ1n) is 3.90. The third-order valence-electron chi connectivity index (χ3n) is 1.89. The fraction of sp³-hybridized carbons (Fsp3) is 0. The monoisotopic (exact) mass is 190 g/mol. The zero-order valence-electron chi connectivity index (χ0n) is 7.02. The molecule has 0 fully saturated rings. The van der Waals surface area contributed by atoms with Crippen LogP contribution < -0.4 is 5.56 Å². The lowest BCUT2D eigenvalue weighted by molar-refractivity contribution is 0.0698. The molecule has 0 saturated heterocycles. The first-order chi connectivity index (χ1) is 6.70. The Bertz CT molecular complexity index is 559. The average molecular weight is 190 g/mol. The molecular formula is C9H6N2O3. The summed E-state index contributed by atoms with van der Waals surface area (Å²) < 4.78 is 0. The van der Waals surface area contributed by atoms with Gasteiger partial charge < -0.3 is 10.1 Å². The second-order valence-corrected chi connectivity index (χ2v) is 2.74. The van der Waals surface area contributed by atoms with Crippen molar-refractivity contribution in [2.45, 2.75) is 0 Å². The highest BCUT2D eigenvalue weighted by Crippen LogP contribution is 2.10. The molecule has 0 aliphatic rings. The number of carbonyl (C=O) groups is 1. The highest BCUT2D eigenvalue weighted by Gasteiger charge is 2.10. The summed E-state index contributed by atoms with van der Waals surface area (Å²) in [5.41, 5.74) is -0.123. The summed E-state index contributed by atoms with van der Waals surface area (Å²) in [5, 5.41) is 9.10. The van der Waals surface area contributed by atoms with Crippen molar-refractivity contribution in [2.75, 3.05) is 0 Å². The molecule has 5 nitrogen and oxygen atoms in total. The number of aromatic carboxylic acids is 1. The van der Waals surface area contributed by atoms with Crippen molar-refractivity contribution in [3.63, 3.8) is 0 Å². The van der Waals surface area contributed by atoms with Crippen molar-refractivity contribution in [3.05, 3.63) is 40.4 Å². The average Bonchev–Trinajstić information content (AvgIpc) is 2.18. The lowest BCUT2D eigenvalue weighted by atomic mass is 10.2. The van der Waals surface area contributed by atoms with Crippen LogP contribution in [-0.2, 0) is 0 Å². The van der Waals surface area contributed by atoms with Crippen molar-refractivity contribution in [1.29, 1.82) is 0 Å². The van der Waals surface area contributed by atoms with Gasteiger partial charge in [-0.25, -0.2) is 4.79 Å². The van der Waals surface area contributed by atoms with Gasteiger partial charge in [-0.05, 0) is 12.1 Å². The number of nitrogens with zero attached hydrogens (tertiary/aromatic N) is 1.